The van der Waals surface area contributed by atoms with Crippen LogP contribution in [0.25, 0.3) is 0 Å². The molecule has 1 aliphatic heterocycles. The Bertz CT molecular complexity index is 1040. The van der Waals surface area contributed by atoms with Crippen LogP contribution in [0, 0.1) is 29.1 Å². The van der Waals surface area contributed by atoms with Gasteiger partial charge in [-0.25, -0.2) is 9.67 Å². The van der Waals surface area contributed by atoms with E-state index in [2.05, 4.69) is 26.2 Å². The van der Waals surface area contributed by atoms with Crippen molar-refractivity contribution in [2.75, 3.05) is 19.7 Å². The molecular weight excluding hydrogens is 404 g/mol. The lowest BCUT2D eigenvalue weighted by atomic mass is 9.77. The monoisotopic (exact) mass is 432 g/mol. The van der Waals surface area contributed by atoms with Crippen molar-refractivity contribution in [1.82, 2.24) is 24.9 Å². The molecule has 8 heteroatoms. The quantitative estimate of drug-likeness (QED) is 0.696. The van der Waals surface area contributed by atoms with Gasteiger partial charge in [-0.05, 0) is 68.4 Å². The molecule has 4 atom stereocenters. The van der Waals surface area contributed by atoms with E-state index >= 15 is 0 Å². The summed E-state index contributed by atoms with van der Waals surface area (Å²) in [6, 6.07) is 5.49. The van der Waals surface area contributed by atoms with E-state index in [1.807, 2.05) is 11.0 Å². The number of carbonyl (C=O) groups excluding carboxylic acids is 1. The molecule has 166 valence electrons. The van der Waals surface area contributed by atoms with Gasteiger partial charge in [-0.1, -0.05) is 5.21 Å². The van der Waals surface area contributed by atoms with Crippen molar-refractivity contribution >= 4 is 5.91 Å². The molecule has 3 saturated carbocycles. The Morgan fingerprint density at radius 2 is 1.97 bits per heavy atom. The van der Waals surface area contributed by atoms with Gasteiger partial charge in [-0.2, -0.15) is 5.26 Å². The Morgan fingerprint density at radius 3 is 2.66 bits per heavy atom. The average Bonchev–Trinajstić information content (AvgIpc) is 3.75. The van der Waals surface area contributed by atoms with Crippen LogP contribution in [0.1, 0.15) is 72.2 Å². The number of fused-ring (bicyclic) bond motifs is 1. The molecule has 0 unspecified atom stereocenters. The highest BCUT2D eigenvalue weighted by Gasteiger charge is 2.45. The van der Waals surface area contributed by atoms with E-state index in [4.69, 9.17) is 10.00 Å². The van der Waals surface area contributed by atoms with E-state index < -0.39 is 0 Å². The van der Waals surface area contributed by atoms with Gasteiger partial charge in [0.15, 0.2) is 0 Å². The van der Waals surface area contributed by atoms with Gasteiger partial charge in [0.05, 0.1) is 23.4 Å². The number of amides is 1. The molecule has 4 aliphatic rings. The number of nitriles is 1. The highest BCUT2D eigenvalue weighted by Crippen LogP contribution is 2.44. The van der Waals surface area contributed by atoms with Gasteiger partial charge >= 0.3 is 0 Å². The van der Waals surface area contributed by atoms with E-state index in [1.165, 1.54) is 31.9 Å². The fourth-order valence-electron chi connectivity index (χ4n) is 5.35. The summed E-state index contributed by atoms with van der Waals surface area (Å²) in [7, 11) is 0. The Hall–Kier alpha value is -2.79. The maximum atomic E-state index is 13.1. The van der Waals surface area contributed by atoms with Crippen molar-refractivity contribution in [2.45, 2.75) is 56.6 Å². The molecule has 0 aromatic carbocycles. The van der Waals surface area contributed by atoms with Gasteiger partial charge < -0.3 is 9.64 Å². The normalized spacial score (nSPS) is 29.5. The SMILES string of the molecule is N#Cc1ccc(C(=O)N2C[C@H]3C[C@@H](n4cc(C5CC5)nn4)[C@H](OCC4CC4)C[C@H]3C2)cn1. The lowest BCUT2D eigenvalue weighted by Gasteiger charge is -2.37. The third kappa shape index (κ3) is 3.90. The van der Waals surface area contributed by atoms with Gasteiger partial charge in [0.25, 0.3) is 5.91 Å². The van der Waals surface area contributed by atoms with Crippen molar-refractivity contribution < 1.29 is 9.53 Å². The Labute approximate surface area is 187 Å². The number of hydrogen-bond donors (Lipinski definition) is 0. The number of nitrogens with zero attached hydrogens (tertiary/aromatic N) is 6. The third-order valence-electron chi connectivity index (χ3n) is 7.60. The summed E-state index contributed by atoms with van der Waals surface area (Å²) in [6.07, 6.45) is 10.7. The molecule has 0 spiro atoms. The van der Waals surface area contributed by atoms with Gasteiger partial charge in [0, 0.05) is 38.0 Å². The number of rotatable bonds is 6. The lowest BCUT2D eigenvalue weighted by molar-refractivity contribution is -0.0375. The zero-order valence-corrected chi connectivity index (χ0v) is 18.1. The predicted octanol–water partition coefficient (Wildman–Crippen LogP) is 2.94. The molecule has 4 fully saturated rings. The minimum atomic E-state index is 0.000152. The van der Waals surface area contributed by atoms with Gasteiger partial charge in [-0.3, -0.25) is 4.79 Å². The van der Waals surface area contributed by atoms with Crippen LogP contribution in [0.3, 0.4) is 0 Å². The highest BCUT2D eigenvalue weighted by molar-refractivity contribution is 5.94. The second-order valence-electron chi connectivity index (χ2n) is 10.0. The summed E-state index contributed by atoms with van der Waals surface area (Å²) >= 11 is 0. The number of ether oxygens (including phenoxy) is 1. The van der Waals surface area contributed by atoms with Crippen LogP contribution >= 0.6 is 0 Å². The molecule has 1 saturated heterocycles. The van der Waals surface area contributed by atoms with Crippen molar-refractivity contribution in [2.24, 2.45) is 17.8 Å². The molecular formula is C24H28N6O2. The molecule has 0 radical (unpaired) electrons. The molecule has 8 nitrogen and oxygen atoms in total. The summed E-state index contributed by atoms with van der Waals surface area (Å²) in [5, 5.41) is 17.9. The first-order valence-corrected chi connectivity index (χ1v) is 11.9. The zero-order chi connectivity index (χ0) is 21.7. The highest BCUT2D eigenvalue weighted by atomic mass is 16.5. The van der Waals surface area contributed by atoms with Crippen molar-refractivity contribution in [1.29, 1.82) is 5.26 Å². The van der Waals surface area contributed by atoms with E-state index in [0.717, 1.165) is 44.1 Å². The van der Waals surface area contributed by atoms with Crippen LogP contribution in [0.2, 0.25) is 0 Å². The summed E-state index contributed by atoms with van der Waals surface area (Å²) in [6.45, 7) is 2.34. The van der Waals surface area contributed by atoms with Crippen LogP contribution in [0.4, 0.5) is 0 Å². The van der Waals surface area contributed by atoms with Crippen molar-refractivity contribution in [3.8, 4) is 6.07 Å². The van der Waals surface area contributed by atoms with Crippen LogP contribution in [0.5, 0.6) is 0 Å². The number of likely N-dealkylation sites (tertiary alicyclic amines) is 1. The van der Waals surface area contributed by atoms with E-state index in [0.29, 0.717) is 29.0 Å². The second kappa shape index (κ2) is 7.96. The molecule has 2 aromatic rings. The molecule has 32 heavy (non-hydrogen) atoms. The first-order valence-electron chi connectivity index (χ1n) is 11.9. The minimum absolute atomic E-state index is 0.000152. The third-order valence-corrected chi connectivity index (χ3v) is 7.60. The van der Waals surface area contributed by atoms with E-state index in [1.54, 1.807) is 12.1 Å². The summed E-state index contributed by atoms with van der Waals surface area (Å²) in [5.74, 6) is 2.19. The molecule has 3 heterocycles. The van der Waals surface area contributed by atoms with Gasteiger partial charge in [-0.15, -0.1) is 5.10 Å². The first-order chi connectivity index (χ1) is 15.7. The Balaban J connectivity index is 1.18. The van der Waals surface area contributed by atoms with Gasteiger partial charge in [0.2, 0.25) is 0 Å². The number of hydrogen-bond acceptors (Lipinski definition) is 6. The second-order valence-corrected chi connectivity index (χ2v) is 10.0. The molecule has 3 aliphatic carbocycles. The summed E-state index contributed by atoms with van der Waals surface area (Å²) in [5.41, 5.74) is 1.99. The van der Waals surface area contributed by atoms with Crippen LogP contribution in [0.15, 0.2) is 24.5 Å². The summed E-state index contributed by atoms with van der Waals surface area (Å²) in [4.78, 5) is 19.1. The fourth-order valence-corrected chi connectivity index (χ4v) is 5.35. The Kier molecular flexibility index (Phi) is 4.94. The molecule has 0 bridgehead atoms. The van der Waals surface area contributed by atoms with Crippen molar-refractivity contribution in [3.63, 3.8) is 0 Å². The average molecular weight is 433 g/mol. The van der Waals surface area contributed by atoms with Gasteiger partial charge in [0.1, 0.15) is 11.8 Å². The largest absolute Gasteiger partial charge is 0.376 e. The van der Waals surface area contributed by atoms with Crippen LogP contribution in [-0.2, 0) is 4.74 Å². The molecule has 0 N–H and O–H groups in total. The number of aromatic nitrogens is 4. The summed E-state index contributed by atoms with van der Waals surface area (Å²) < 4.78 is 8.49. The predicted molar refractivity (Wildman–Crippen MR) is 115 cm³/mol. The Morgan fingerprint density at radius 1 is 1.16 bits per heavy atom. The molecule has 6 rings (SSSR count). The van der Waals surface area contributed by atoms with Crippen molar-refractivity contribution in [3.05, 3.63) is 41.5 Å². The number of pyridine rings is 1. The maximum absolute atomic E-state index is 13.1. The molecule has 1 amide bonds. The lowest BCUT2D eigenvalue weighted by Crippen LogP contribution is -2.38. The fraction of sp³-hybridized carbons (Fsp3) is 0.625. The van der Waals surface area contributed by atoms with Crippen LogP contribution in [-0.4, -0.2) is 56.6 Å². The first kappa shape index (κ1) is 19.9. The maximum Gasteiger partial charge on any atom is 0.255 e. The van der Waals surface area contributed by atoms with E-state index in [9.17, 15) is 4.79 Å². The van der Waals surface area contributed by atoms with Crippen LogP contribution < -0.4 is 0 Å². The topological polar surface area (TPSA) is 96.9 Å². The zero-order valence-electron chi connectivity index (χ0n) is 18.1. The standard InChI is InChI=1S/C24H28N6O2/c25-9-20-6-5-17(10-26-20)24(31)29-11-18-7-22(30-13-21(27-28-30)16-3-4-16)23(8-19(18)12-29)32-14-15-1-2-15/h5-6,10,13,15-16,18-19,22-23H,1-4,7-8,11-12,14H2/t18-,19+,22-,23-/m1/s1. The minimum Gasteiger partial charge on any atom is -0.376 e. The molecule has 2 aromatic heterocycles. The number of carbonyl (C=O) groups is 1. The van der Waals surface area contributed by atoms with E-state index in [-0.39, 0.29) is 18.1 Å². The smallest absolute Gasteiger partial charge is 0.255 e.